The summed E-state index contributed by atoms with van der Waals surface area (Å²) in [6.07, 6.45) is 0. The Morgan fingerprint density at radius 1 is 1.12 bits per heavy atom. The maximum absolute atomic E-state index is 11.8. The van der Waals surface area contributed by atoms with E-state index in [2.05, 4.69) is 15.9 Å². The summed E-state index contributed by atoms with van der Waals surface area (Å²) >= 11 is 3.38. The van der Waals surface area contributed by atoms with Crippen molar-refractivity contribution in [1.82, 2.24) is 4.90 Å². The molecule has 0 bridgehead atoms. The van der Waals surface area contributed by atoms with Gasteiger partial charge < -0.3 is 9.80 Å². The number of carbonyl (C=O) groups excluding carboxylic acids is 2. The summed E-state index contributed by atoms with van der Waals surface area (Å²) in [6, 6.07) is 7.39. The van der Waals surface area contributed by atoms with Crippen LogP contribution in [-0.4, -0.2) is 36.9 Å². The van der Waals surface area contributed by atoms with E-state index in [4.69, 9.17) is 0 Å². The molecule has 4 nitrogen and oxygen atoms in total. The van der Waals surface area contributed by atoms with Crippen LogP contribution in [0.4, 0.5) is 5.69 Å². The Morgan fingerprint density at radius 2 is 1.81 bits per heavy atom. The standard InChI is InChI=1S/C11H11BrN2O2/c1-13-6-7-14(11(16)10(13)15)9-5-3-2-4-8(9)12/h2-5H,6-7H2,1H3. The minimum Gasteiger partial charge on any atom is -0.336 e. The quantitative estimate of drug-likeness (QED) is 0.728. The van der Waals surface area contributed by atoms with E-state index in [0.29, 0.717) is 13.1 Å². The van der Waals surface area contributed by atoms with Gasteiger partial charge >= 0.3 is 11.8 Å². The molecule has 0 aliphatic carbocycles. The summed E-state index contributed by atoms with van der Waals surface area (Å²) in [5.74, 6) is -0.928. The molecular weight excluding hydrogens is 272 g/mol. The topological polar surface area (TPSA) is 40.6 Å². The van der Waals surface area contributed by atoms with Crippen molar-refractivity contribution in [3.8, 4) is 0 Å². The first-order chi connectivity index (χ1) is 7.61. The fourth-order valence-corrected chi connectivity index (χ4v) is 2.13. The van der Waals surface area contributed by atoms with E-state index in [1.165, 1.54) is 9.80 Å². The van der Waals surface area contributed by atoms with Gasteiger partial charge in [0.05, 0.1) is 5.69 Å². The number of halogens is 1. The van der Waals surface area contributed by atoms with Crippen LogP contribution in [0.5, 0.6) is 0 Å². The summed E-state index contributed by atoms with van der Waals surface area (Å²) in [7, 11) is 1.64. The van der Waals surface area contributed by atoms with Crippen molar-refractivity contribution in [1.29, 1.82) is 0 Å². The van der Waals surface area contributed by atoms with Gasteiger partial charge in [0.1, 0.15) is 0 Å². The number of rotatable bonds is 1. The first kappa shape index (κ1) is 11.1. The molecule has 2 rings (SSSR count). The Hall–Kier alpha value is -1.36. The maximum Gasteiger partial charge on any atom is 0.316 e. The van der Waals surface area contributed by atoms with Crippen LogP contribution in [0.2, 0.25) is 0 Å². The van der Waals surface area contributed by atoms with Gasteiger partial charge in [0, 0.05) is 24.6 Å². The molecule has 1 aliphatic rings. The first-order valence-corrected chi connectivity index (χ1v) is 5.72. The molecule has 1 fully saturated rings. The van der Waals surface area contributed by atoms with E-state index < -0.39 is 11.8 Å². The fraction of sp³-hybridized carbons (Fsp3) is 0.273. The van der Waals surface area contributed by atoms with Gasteiger partial charge in [-0.3, -0.25) is 9.59 Å². The summed E-state index contributed by atoms with van der Waals surface area (Å²) < 4.78 is 0.820. The third kappa shape index (κ3) is 1.82. The molecule has 2 amide bonds. The molecule has 1 aromatic carbocycles. The molecule has 0 N–H and O–H groups in total. The van der Waals surface area contributed by atoms with Gasteiger partial charge in [0.15, 0.2) is 0 Å². The van der Waals surface area contributed by atoms with Crippen molar-refractivity contribution in [3.05, 3.63) is 28.7 Å². The fourth-order valence-electron chi connectivity index (χ4n) is 1.63. The Labute approximate surface area is 102 Å². The van der Waals surface area contributed by atoms with Crippen LogP contribution in [-0.2, 0) is 9.59 Å². The largest absolute Gasteiger partial charge is 0.336 e. The van der Waals surface area contributed by atoms with Gasteiger partial charge in [-0.1, -0.05) is 12.1 Å². The van der Waals surface area contributed by atoms with Gasteiger partial charge in [-0.2, -0.15) is 0 Å². The zero-order chi connectivity index (χ0) is 11.7. The van der Waals surface area contributed by atoms with Gasteiger partial charge in [0.2, 0.25) is 0 Å². The van der Waals surface area contributed by atoms with Crippen LogP contribution in [0.25, 0.3) is 0 Å². The summed E-state index contributed by atoms with van der Waals surface area (Å²) in [5.41, 5.74) is 0.744. The minimum atomic E-state index is -0.472. The second kappa shape index (κ2) is 4.25. The summed E-state index contributed by atoms with van der Waals surface area (Å²) in [4.78, 5) is 26.3. The van der Waals surface area contributed by atoms with Gasteiger partial charge in [0.25, 0.3) is 0 Å². The van der Waals surface area contributed by atoms with Gasteiger partial charge in [-0.05, 0) is 28.1 Å². The molecule has 1 saturated heterocycles. The van der Waals surface area contributed by atoms with Crippen molar-refractivity contribution < 1.29 is 9.59 Å². The van der Waals surface area contributed by atoms with Crippen molar-refractivity contribution in [2.24, 2.45) is 0 Å². The molecule has 0 unspecified atom stereocenters. The maximum atomic E-state index is 11.8. The molecule has 1 aromatic rings. The SMILES string of the molecule is CN1CCN(c2ccccc2Br)C(=O)C1=O. The highest BCUT2D eigenvalue weighted by Crippen LogP contribution is 2.26. The molecule has 0 radical (unpaired) electrons. The first-order valence-electron chi connectivity index (χ1n) is 4.93. The van der Waals surface area contributed by atoms with E-state index in [-0.39, 0.29) is 0 Å². The smallest absolute Gasteiger partial charge is 0.316 e. The number of piperazine rings is 1. The van der Waals surface area contributed by atoms with Crippen LogP contribution < -0.4 is 4.90 Å². The lowest BCUT2D eigenvalue weighted by Crippen LogP contribution is -2.53. The number of carbonyl (C=O) groups is 2. The molecule has 0 spiro atoms. The van der Waals surface area contributed by atoms with E-state index >= 15 is 0 Å². The second-order valence-electron chi connectivity index (χ2n) is 3.63. The highest BCUT2D eigenvalue weighted by molar-refractivity contribution is 9.10. The average molecular weight is 283 g/mol. The van der Waals surface area contributed by atoms with E-state index in [9.17, 15) is 9.59 Å². The van der Waals surface area contributed by atoms with Crippen molar-refractivity contribution in [3.63, 3.8) is 0 Å². The van der Waals surface area contributed by atoms with Crippen LogP contribution in [0.3, 0.4) is 0 Å². The van der Waals surface area contributed by atoms with E-state index in [1.54, 1.807) is 7.05 Å². The highest BCUT2D eigenvalue weighted by Gasteiger charge is 2.31. The van der Waals surface area contributed by atoms with Crippen LogP contribution in [0, 0.1) is 0 Å². The summed E-state index contributed by atoms with van der Waals surface area (Å²) in [6.45, 7) is 1.09. The number of benzene rings is 1. The number of anilines is 1. The predicted octanol–water partition coefficient (Wildman–Crippen LogP) is 1.25. The molecule has 5 heteroatoms. The molecule has 16 heavy (non-hydrogen) atoms. The molecule has 0 aromatic heterocycles. The van der Waals surface area contributed by atoms with Crippen molar-refractivity contribution >= 4 is 33.4 Å². The van der Waals surface area contributed by atoms with Crippen LogP contribution in [0.1, 0.15) is 0 Å². The molecule has 1 aliphatic heterocycles. The Bertz CT molecular complexity index is 447. The third-order valence-corrected chi connectivity index (χ3v) is 3.25. The third-order valence-electron chi connectivity index (χ3n) is 2.58. The van der Waals surface area contributed by atoms with Gasteiger partial charge in [-0.15, -0.1) is 0 Å². The Morgan fingerprint density at radius 3 is 2.50 bits per heavy atom. The number of amides is 2. The minimum absolute atomic E-state index is 0.456. The Balaban J connectivity index is 2.33. The lowest BCUT2D eigenvalue weighted by Gasteiger charge is -2.31. The van der Waals surface area contributed by atoms with Crippen LogP contribution in [0.15, 0.2) is 28.7 Å². The number of likely N-dealkylation sites (N-methyl/N-ethyl adjacent to an activating group) is 1. The Kier molecular flexibility index (Phi) is 2.96. The number of nitrogens with zero attached hydrogens (tertiary/aromatic N) is 2. The number of para-hydroxylation sites is 1. The lowest BCUT2D eigenvalue weighted by molar-refractivity contribution is -0.145. The molecule has 1 heterocycles. The van der Waals surface area contributed by atoms with Crippen molar-refractivity contribution in [2.45, 2.75) is 0 Å². The number of hydrogen-bond donors (Lipinski definition) is 0. The normalized spacial score (nSPS) is 16.9. The lowest BCUT2D eigenvalue weighted by atomic mass is 10.2. The van der Waals surface area contributed by atoms with Crippen molar-refractivity contribution in [2.75, 3.05) is 25.0 Å². The molecular formula is C11H11BrN2O2. The average Bonchev–Trinajstić information content (AvgIpc) is 2.28. The van der Waals surface area contributed by atoms with Crippen LogP contribution >= 0.6 is 15.9 Å². The molecule has 0 atom stereocenters. The predicted molar refractivity (Wildman–Crippen MR) is 64.1 cm³/mol. The zero-order valence-electron chi connectivity index (χ0n) is 8.81. The molecule has 84 valence electrons. The monoisotopic (exact) mass is 282 g/mol. The molecule has 0 saturated carbocycles. The highest BCUT2D eigenvalue weighted by atomic mass is 79.9. The zero-order valence-corrected chi connectivity index (χ0v) is 10.4. The van der Waals surface area contributed by atoms with Gasteiger partial charge in [-0.25, -0.2) is 0 Å². The number of hydrogen-bond acceptors (Lipinski definition) is 2. The van der Waals surface area contributed by atoms with E-state index in [1.807, 2.05) is 24.3 Å². The summed E-state index contributed by atoms with van der Waals surface area (Å²) in [5, 5.41) is 0. The van der Waals surface area contributed by atoms with E-state index in [0.717, 1.165) is 10.2 Å². The second-order valence-corrected chi connectivity index (χ2v) is 4.49.